The molecule has 0 aliphatic heterocycles. The monoisotopic (exact) mass is 231 g/mol. The number of hydrogen-bond acceptors (Lipinski definition) is 1. The van der Waals surface area contributed by atoms with Crippen LogP contribution in [0.1, 0.15) is 50.7 Å². The Morgan fingerprint density at radius 2 is 2.06 bits per heavy atom. The van der Waals surface area contributed by atoms with Gasteiger partial charge in [-0.05, 0) is 36.8 Å². The molecule has 1 nitrogen and oxygen atoms in total. The van der Waals surface area contributed by atoms with Crippen molar-refractivity contribution in [3.05, 3.63) is 35.4 Å². The highest BCUT2D eigenvalue weighted by Crippen LogP contribution is 2.34. The van der Waals surface area contributed by atoms with E-state index in [0.29, 0.717) is 6.04 Å². The minimum absolute atomic E-state index is 0.651. The lowest BCUT2D eigenvalue weighted by molar-refractivity contribution is 0.395. The van der Waals surface area contributed by atoms with Crippen molar-refractivity contribution in [3.63, 3.8) is 0 Å². The van der Waals surface area contributed by atoms with Gasteiger partial charge in [-0.25, -0.2) is 0 Å². The highest BCUT2D eigenvalue weighted by Gasteiger charge is 2.25. The van der Waals surface area contributed by atoms with Gasteiger partial charge in [0.05, 0.1) is 0 Å². The lowest BCUT2D eigenvalue weighted by atomic mass is 9.77. The number of benzene rings is 1. The number of nitrogens with one attached hydrogen (secondary N) is 1. The molecule has 3 atom stereocenters. The van der Waals surface area contributed by atoms with Crippen molar-refractivity contribution >= 4 is 0 Å². The van der Waals surface area contributed by atoms with Crippen LogP contribution in [-0.2, 0) is 6.42 Å². The molecule has 0 radical (unpaired) electrons. The Morgan fingerprint density at radius 1 is 1.29 bits per heavy atom. The Balaban J connectivity index is 1.74. The van der Waals surface area contributed by atoms with E-state index in [2.05, 4.69) is 50.4 Å². The van der Waals surface area contributed by atoms with E-state index in [0.717, 1.165) is 18.4 Å². The zero-order chi connectivity index (χ0) is 12.3. The number of fused-ring (bicyclic) bond motifs is 1. The van der Waals surface area contributed by atoms with Gasteiger partial charge in [0.15, 0.2) is 0 Å². The van der Waals surface area contributed by atoms with Gasteiger partial charge in [-0.1, -0.05) is 44.5 Å². The molecule has 1 aliphatic carbocycles. The van der Waals surface area contributed by atoms with Crippen molar-refractivity contribution in [2.75, 3.05) is 6.54 Å². The molecule has 1 heteroatoms. The first-order valence-electron chi connectivity index (χ1n) is 7.01. The van der Waals surface area contributed by atoms with Gasteiger partial charge < -0.3 is 5.32 Å². The summed E-state index contributed by atoms with van der Waals surface area (Å²) in [4.78, 5) is 0. The molecule has 1 aromatic carbocycles. The minimum atomic E-state index is 0.651. The summed E-state index contributed by atoms with van der Waals surface area (Å²) in [5, 5.41) is 3.69. The standard InChI is InChI=1S/C16H25N/c1-4-12(2)9-13(3)17-11-15-10-14-7-5-6-8-16(14)15/h5-8,12-13,15,17H,4,9-11H2,1-3H3. The fourth-order valence-corrected chi connectivity index (χ4v) is 2.74. The Labute approximate surface area is 106 Å². The maximum atomic E-state index is 3.69. The molecule has 1 N–H and O–H groups in total. The van der Waals surface area contributed by atoms with Crippen molar-refractivity contribution in [1.29, 1.82) is 0 Å². The highest BCUT2D eigenvalue weighted by atomic mass is 14.9. The molecule has 1 aromatic rings. The molecule has 0 bridgehead atoms. The van der Waals surface area contributed by atoms with Crippen molar-refractivity contribution in [1.82, 2.24) is 5.32 Å². The fourth-order valence-electron chi connectivity index (χ4n) is 2.74. The zero-order valence-electron chi connectivity index (χ0n) is 11.4. The second-order valence-corrected chi connectivity index (χ2v) is 5.66. The third-order valence-corrected chi connectivity index (χ3v) is 4.13. The Kier molecular flexibility index (Phi) is 4.22. The first-order valence-corrected chi connectivity index (χ1v) is 7.01. The van der Waals surface area contributed by atoms with Crippen LogP contribution in [0.3, 0.4) is 0 Å². The van der Waals surface area contributed by atoms with Crippen LogP contribution in [0.15, 0.2) is 24.3 Å². The molecular weight excluding hydrogens is 206 g/mol. The largest absolute Gasteiger partial charge is 0.314 e. The predicted molar refractivity (Wildman–Crippen MR) is 74.4 cm³/mol. The second kappa shape index (κ2) is 5.68. The zero-order valence-corrected chi connectivity index (χ0v) is 11.4. The Morgan fingerprint density at radius 3 is 2.76 bits per heavy atom. The lowest BCUT2D eigenvalue weighted by Gasteiger charge is -2.31. The second-order valence-electron chi connectivity index (χ2n) is 5.66. The van der Waals surface area contributed by atoms with Crippen LogP contribution in [-0.4, -0.2) is 12.6 Å². The van der Waals surface area contributed by atoms with Crippen LogP contribution in [0.25, 0.3) is 0 Å². The summed E-state index contributed by atoms with van der Waals surface area (Å²) in [5.74, 6) is 1.59. The van der Waals surface area contributed by atoms with Crippen LogP contribution in [0.5, 0.6) is 0 Å². The van der Waals surface area contributed by atoms with E-state index in [9.17, 15) is 0 Å². The smallest absolute Gasteiger partial charge is 0.00415 e. The SMILES string of the molecule is CCC(C)CC(C)NCC1Cc2ccccc21. The molecule has 0 spiro atoms. The highest BCUT2D eigenvalue weighted by molar-refractivity contribution is 5.40. The minimum Gasteiger partial charge on any atom is -0.314 e. The van der Waals surface area contributed by atoms with Gasteiger partial charge in [0.2, 0.25) is 0 Å². The fraction of sp³-hybridized carbons (Fsp3) is 0.625. The molecule has 0 heterocycles. The first kappa shape index (κ1) is 12.6. The summed E-state index contributed by atoms with van der Waals surface area (Å²) in [7, 11) is 0. The molecule has 0 saturated heterocycles. The van der Waals surface area contributed by atoms with Gasteiger partial charge in [0, 0.05) is 18.5 Å². The molecule has 17 heavy (non-hydrogen) atoms. The molecule has 2 rings (SSSR count). The van der Waals surface area contributed by atoms with Gasteiger partial charge in [-0.15, -0.1) is 0 Å². The summed E-state index contributed by atoms with van der Waals surface area (Å²) in [6, 6.07) is 9.50. The van der Waals surface area contributed by atoms with Gasteiger partial charge in [-0.2, -0.15) is 0 Å². The summed E-state index contributed by atoms with van der Waals surface area (Å²) in [5.41, 5.74) is 3.12. The van der Waals surface area contributed by atoms with Crippen molar-refractivity contribution in [2.45, 2.75) is 52.0 Å². The molecule has 0 saturated carbocycles. The lowest BCUT2D eigenvalue weighted by Crippen LogP contribution is -2.35. The molecule has 0 aromatic heterocycles. The molecule has 94 valence electrons. The summed E-state index contributed by atoms with van der Waals surface area (Å²) >= 11 is 0. The van der Waals surface area contributed by atoms with E-state index >= 15 is 0 Å². The van der Waals surface area contributed by atoms with Crippen LogP contribution >= 0.6 is 0 Å². The van der Waals surface area contributed by atoms with Gasteiger partial charge >= 0.3 is 0 Å². The Bertz CT molecular complexity index is 358. The molecule has 1 aliphatic rings. The average Bonchev–Trinajstić information content (AvgIpc) is 2.30. The van der Waals surface area contributed by atoms with E-state index in [1.54, 1.807) is 11.1 Å². The topological polar surface area (TPSA) is 12.0 Å². The number of hydrogen-bond donors (Lipinski definition) is 1. The molecule has 0 amide bonds. The van der Waals surface area contributed by atoms with E-state index in [-0.39, 0.29) is 0 Å². The van der Waals surface area contributed by atoms with Crippen LogP contribution in [0, 0.1) is 5.92 Å². The maximum Gasteiger partial charge on any atom is 0.00415 e. The van der Waals surface area contributed by atoms with Crippen molar-refractivity contribution in [2.24, 2.45) is 5.92 Å². The van der Waals surface area contributed by atoms with E-state index in [1.807, 2.05) is 0 Å². The maximum absolute atomic E-state index is 3.69. The third kappa shape index (κ3) is 3.10. The van der Waals surface area contributed by atoms with E-state index in [4.69, 9.17) is 0 Å². The van der Waals surface area contributed by atoms with Gasteiger partial charge in [0.25, 0.3) is 0 Å². The predicted octanol–water partition coefficient (Wildman–Crippen LogP) is 3.74. The van der Waals surface area contributed by atoms with Gasteiger partial charge in [0.1, 0.15) is 0 Å². The van der Waals surface area contributed by atoms with Gasteiger partial charge in [-0.3, -0.25) is 0 Å². The van der Waals surface area contributed by atoms with Crippen LogP contribution < -0.4 is 5.32 Å². The van der Waals surface area contributed by atoms with E-state index < -0.39 is 0 Å². The van der Waals surface area contributed by atoms with Crippen LogP contribution in [0.4, 0.5) is 0 Å². The summed E-state index contributed by atoms with van der Waals surface area (Å²) in [6.45, 7) is 8.09. The molecular formula is C16H25N. The Hall–Kier alpha value is -0.820. The number of rotatable bonds is 6. The normalized spacial score (nSPS) is 21.5. The molecule has 3 unspecified atom stereocenters. The molecule has 0 fully saturated rings. The van der Waals surface area contributed by atoms with E-state index in [1.165, 1.54) is 19.3 Å². The third-order valence-electron chi connectivity index (χ3n) is 4.13. The summed E-state index contributed by atoms with van der Waals surface area (Å²) < 4.78 is 0. The average molecular weight is 231 g/mol. The quantitative estimate of drug-likeness (QED) is 0.786. The summed E-state index contributed by atoms with van der Waals surface area (Å²) in [6.07, 6.45) is 3.85. The van der Waals surface area contributed by atoms with Crippen LogP contribution in [0.2, 0.25) is 0 Å². The van der Waals surface area contributed by atoms with Crippen molar-refractivity contribution < 1.29 is 0 Å². The first-order chi connectivity index (χ1) is 8.20. The van der Waals surface area contributed by atoms with Crippen molar-refractivity contribution in [3.8, 4) is 0 Å².